The van der Waals surface area contributed by atoms with Crippen molar-refractivity contribution in [3.05, 3.63) is 47.0 Å². The number of fused-ring (bicyclic) bond motifs is 3. The van der Waals surface area contributed by atoms with E-state index < -0.39 is 50.6 Å². The largest absolute Gasteiger partial charge is 0.496 e. The molecule has 4 aliphatic rings. The number of carbonyl (C=O) groups excluding carboxylic acids is 3. The van der Waals surface area contributed by atoms with Crippen LogP contribution < -0.4 is 19.5 Å². The highest BCUT2D eigenvalue weighted by Gasteiger charge is 2.62. The van der Waals surface area contributed by atoms with Gasteiger partial charge in [0.2, 0.25) is 21.8 Å². The molecule has 278 valence electrons. The lowest BCUT2D eigenvalue weighted by atomic mass is 9.93. The highest BCUT2D eigenvalue weighted by molar-refractivity contribution is 7.91. The van der Waals surface area contributed by atoms with Crippen LogP contribution in [0.4, 0.5) is 0 Å². The Kier molecular flexibility index (Phi) is 9.83. The monoisotopic (exact) mass is 749 g/mol. The van der Waals surface area contributed by atoms with Crippen molar-refractivity contribution in [1.29, 1.82) is 0 Å². The van der Waals surface area contributed by atoms with Gasteiger partial charge in [-0.05, 0) is 76.3 Å². The molecule has 5 atom stereocenters. The SMILES string of the molecule is COc1ccc2c(OC3C[C@H]4C(=O)NC5(C(=O)NS(=O)(=O)C6CC6)C[C@H]5/C=C\CCCCN(C)C(=O)[C@@H]4C3)cc(-c3nc(C(C)C)cs3)nc2c1C. The third-order valence-electron chi connectivity index (χ3n) is 11.0. The van der Waals surface area contributed by atoms with Crippen molar-refractivity contribution < 1.29 is 32.3 Å². The number of nitrogens with one attached hydrogen (secondary N) is 2. The first-order valence-corrected chi connectivity index (χ1v) is 20.6. The molecule has 2 aromatic heterocycles. The predicted molar refractivity (Wildman–Crippen MR) is 199 cm³/mol. The maximum atomic E-state index is 14.3. The third kappa shape index (κ3) is 7.03. The van der Waals surface area contributed by atoms with Crippen LogP contribution in [0.3, 0.4) is 0 Å². The number of methoxy groups -OCH3 is 1. The summed E-state index contributed by atoms with van der Waals surface area (Å²) in [6.45, 7) is 6.69. The standard InChI is InChI=1S/C38H47N5O7S2/c1-21(2)30-20-51-35(40-30)29-18-32(26-13-14-31(49-5)22(3)33(26)39-29)50-24-16-27-28(17-24)36(45)43(4)15-9-7-6-8-10-23-19-38(23,41-34(27)44)37(46)42-52(47,48)25-11-12-25/h8,10,13-14,18,20-21,23-25,27-28H,6-7,9,11-12,15-17,19H2,1-5H3,(H,41,44)(H,42,46)/b10-8-/t23-,24?,27-,28-,38?/m1/s1. The number of hydrogen-bond acceptors (Lipinski definition) is 10. The highest BCUT2D eigenvalue weighted by atomic mass is 32.2. The number of ether oxygens (including phenoxy) is 2. The summed E-state index contributed by atoms with van der Waals surface area (Å²) in [7, 11) is -0.445. The van der Waals surface area contributed by atoms with Crippen molar-refractivity contribution in [3.8, 4) is 22.2 Å². The molecule has 52 heavy (non-hydrogen) atoms. The van der Waals surface area contributed by atoms with Gasteiger partial charge < -0.3 is 19.7 Å². The fourth-order valence-corrected chi connectivity index (χ4v) is 9.85. The van der Waals surface area contributed by atoms with E-state index in [1.165, 1.54) is 11.3 Å². The number of nitrogens with zero attached hydrogens (tertiary/aromatic N) is 3. The molecule has 0 bridgehead atoms. The zero-order chi connectivity index (χ0) is 36.9. The van der Waals surface area contributed by atoms with E-state index in [1.54, 1.807) is 19.1 Å². The number of sulfonamides is 1. The molecule has 0 radical (unpaired) electrons. The molecule has 7 rings (SSSR count). The van der Waals surface area contributed by atoms with Crippen LogP contribution in [0.2, 0.25) is 0 Å². The lowest BCUT2D eigenvalue weighted by Gasteiger charge is -2.26. The van der Waals surface area contributed by atoms with Crippen LogP contribution in [-0.4, -0.2) is 78.6 Å². The number of pyridine rings is 1. The van der Waals surface area contributed by atoms with Crippen molar-refractivity contribution in [1.82, 2.24) is 24.9 Å². The number of carbonyl (C=O) groups is 3. The van der Waals surface area contributed by atoms with Gasteiger partial charge in [0, 0.05) is 41.9 Å². The van der Waals surface area contributed by atoms with Crippen LogP contribution in [-0.2, 0) is 24.4 Å². The molecule has 3 fully saturated rings. The molecular formula is C38H47N5O7S2. The van der Waals surface area contributed by atoms with Crippen LogP contribution in [0.25, 0.3) is 21.6 Å². The lowest BCUT2D eigenvalue weighted by Crippen LogP contribution is -2.54. The molecule has 0 spiro atoms. The number of thiazole rings is 1. The third-order valence-corrected chi connectivity index (χ3v) is 13.7. The predicted octanol–water partition coefficient (Wildman–Crippen LogP) is 5.25. The molecule has 3 amide bonds. The summed E-state index contributed by atoms with van der Waals surface area (Å²) in [5.74, 6) is -1.63. The minimum absolute atomic E-state index is 0.147. The van der Waals surface area contributed by atoms with Crippen molar-refractivity contribution in [3.63, 3.8) is 0 Å². The second kappa shape index (κ2) is 14.1. The van der Waals surface area contributed by atoms with Gasteiger partial charge in [0.05, 0.1) is 35.4 Å². The highest BCUT2D eigenvalue weighted by Crippen LogP contribution is 2.47. The maximum absolute atomic E-state index is 14.3. The Bertz CT molecular complexity index is 2040. The summed E-state index contributed by atoms with van der Waals surface area (Å²) in [5, 5.41) is 5.95. The van der Waals surface area contributed by atoms with Crippen molar-refractivity contribution in [2.24, 2.45) is 17.8 Å². The Labute approximate surface area is 308 Å². The van der Waals surface area contributed by atoms with E-state index in [1.807, 2.05) is 42.7 Å². The molecule has 1 aliphatic heterocycles. The number of aromatic nitrogens is 2. The zero-order valence-corrected chi connectivity index (χ0v) is 31.9. The molecule has 12 nitrogen and oxygen atoms in total. The van der Waals surface area contributed by atoms with E-state index in [-0.39, 0.29) is 30.6 Å². The fraction of sp³-hybridized carbons (Fsp3) is 0.553. The van der Waals surface area contributed by atoms with Gasteiger partial charge in [-0.25, -0.2) is 18.4 Å². The first kappa shape index (κ1) is 36.3. The summed E-state index contributed by atoms with van der Waals surface area (Å²) < 4.78 is 40.2. The zero-order valence-electron chi connectivity index (χ0n) is 30.3. The molecule has 0 saturated heterocycles. The van der Waals surface area contributed by atoms with Crippen LogP contribution in [0, 0.1) is 24.7 Å². The topological polar surface area (TPSA) is 157 Å². The smallest absolute Gasteiger partial charge is 0.259 e. The summed E-state index contributed by atoms with van der Waals surface area (Å²) in [6.07, 6.45) is 7.61. The molecule has 3 saturated carbocycles. The summed E-state index contributed by atoms with van der Waals surface area (Å²) in [5.41, 5.74) is 1.79. The molecule has 2 unspecified atom stereocenters. The molecule has 3 aliphatic carbocycles. The maximum Gasteiger partial charge on any atom is 0.259 e. The van der Waals surface area contributed by atoms with Crippen LogP contribution in [0.1, 0.15) is 82.4 Å². The molecular weight excluding hydrogens is 703 g/mol. The number of amides is 3. The van der Waals surface area contributed by atoms with Gasteiger partial charge in [-0.3, -0.25) is 19.1 Å². The van der Waals surface area contributed by atoms with E-state index >= 15 is 0 Å². The van der Waals surface area contributed by atoms with Crippen molar-refractivity contribution in [2.75, 3.05) is 20.7 Å². The van der Waals surface area contributed by atoms with Gasteiger partial charge in [0.25, 0.3) is 5.91 Å². The number of allylic oxidation sites excluding steroid dienone is 1. The van der Waals surface area contributed by atoms with Crippen LogP contribution >= 0.6 is 11.3 Å². The Balaban J connectivity index is 1.21. The number of hydrogen-bond donors (Lipinski definition) is 2. The van der Waals surface area contributed by atoms with Gasteiger partial charge >= 0.3 is 0 Å². The minimum Gasteiger partial charge on any atom is -0.496 e. The Hall–Kier alpha value is -4.04. The number of rotatable bonds is 8. The van der Waals surface area contributed by atoms with E-state index in [9.17, 15) is 22.8 Å². The van der Waals surface area contributed by atoms with Crippen molar-refractivity contribution in [2.45, 2.75) is 94.9 Å². The second-order valence-electron chi connectivity index (χ2n) is 15.1. The number of benzene rings is 1. The van der Waals surface area contributed by atoms with Crippen LogP contribution in [0.5, 0.6) is 11.5 Å². The van der Waals surface area contributed by atoms with Gasteiger partial charge in [0.1, 0.15) is 33.8 Å². The molecule has 1 aromatic carbocycles. The normalized spacial score (nSPS) is 27.4. The van der Waals surface area contributed by atoms with Gasteiger partial charge in [-0.1, -0.05) is 26.0 Å². The summed E-state index contributed by atoms with van der Waals surface area (Å²) in [6, 6.07) is 5.66. The van der Waals surface area contributed by atoms with Crippen LogP contribution in [0.15, 0.2) is 35.7 Å². The fourth-order valence-electron chi connectivity index (χ4n) is 7.55. The average Bonchev–Trinajstić information content (AvgIpc) is 3.98. The minimum atomic E-state index is -3.83. The molecule has 14 heteroatoms. The van der Waals surface area contributed by atoms with E-state index in [0.717, 1.165) is 40.9 Å². The summed E-state index contributed by atoms with van der Waals surface area (Å²) >= 11 is 1.51. The lowest BCUT2D eigenvalue weighted by molar-refractivity contribution is -0.140. The first-order valence-electron chi connectivity index (χ1n) is 18.2. The van der Waals surface area contributed by atoms with E-state index in [4.69, 9.17) is 19.4 Å². The average molecular weight is 750 g/mol. The van der Waals surface area contributed by atoms with Gasteiger partial charge in [0.15, 0.2) is 0 Å². The molecule has 3 aromatic rings. The van der Waals surface area contributed by atoms with E-state index in [0.29, 0.717) is 48.5 Å². The number of aryl methyl sites for hydroxylation is 1. The first-order chi connectivity index (χ1) is 24.8. The Morgan fingerprint density at radius 1 is 1.12 bits per heavy atom. The molecule has 2 N–H and O–H groups in total. The van der Waals surface area contributed by atoms with Gasteiger partial charge in [-0.2, -0.15) is 0 Å². The second-order valence-corrected chi connectivity index (χ2v) is 17.9. The van der Waals surface area contributed by atoms with Crippen molar-refractivity contribution >= 4 is 50.0 Å². The Morgan fingerprint density at radius 2 is 1.88 bits per heavy atom. The Morgan fingerprint density at radius 3 is 2.60 bits per heavy atom. The molecule has 3 heterocycles. The summed E-state index contributed by atoms with van der Waals surface area (Å²) in [4.78, 5) is 53.5. The quantitative estimate of drug-likeness (QED) is 0.294. The van der Waals surface area contributed by atoms with E-state index in [2.05, 4.69) is 23.9 Å². The van der Waals surface area contributed by atoms with Gasteiger partial charge in [-0.15, -0.1) is 11.3 Å².